The van der Waals surface area contributed by atoms with E-state index in [9.17, 15) is 4.79 Å². The Kier molecular flexibility index (Phi) is 8.52. The number of thiazole rings is 1. The highest BCUT2D eigenvalue weighted by atomic mass is 35.5. The first kappa shape index (κ1) is 17.6. The van der Waals surface area contributed by atoms with Gasteiger partial charge in [0.2, 0.25) is 5.91 Å². The summed E-state index contributed by atoms with van der Waals surface area (Å²) in [5, 5.41) is 6.27. The predicted molar refractivity (Wildman–Crippen MR) is 78.8 cm³/mol. The standard InChI is InChI=1S/C11H17N3OS.2ClH/c1-8-10(16-7-14-8)6-13-11(15)5-9-3-2-4-12-9;;/h7,9,12H,2-6H2,1H3,(H,13,15);2*1H. The number of carbonyl (C=O) groups excluding carboxylic acids is 1. The van der Waals surface area contributed by atoms with Gasteiger partial charge in [-0.2, -0.15) is 0 Å². The molecule has 1 atom stereocenters. The Hall–Kier alpha value is -0.360. The van der Waals surface area contributed by atoms with Gasteiger partial charge in [0.25, 0.3) is 0 Å². The van der Waals surface area contributed by atoms with Gasteiger partial charge in [0, 0.05) is 17.3 Å². The van der Waals surface area contributed by atoms with E-state index in [0.717, 1.165) is 23.5 Å². The molecule has 1 unspecified atom stereocenters. The maximum absolute atomic E-state index is 11.6. The monoisotopic (exact) mass is 311 g/mol. The second kappa shape index (κ2) is 8.69. The lowest BCUT2D eigenvalue weighted by Gasteiger charge is -2.09. The Balaban J connectivity index is 0.00000144. The molecule has 1 fully saturated rings. The number of nitrogens with one attached hydrogen (secondary N) is 2. The average Bonchev–Trinajstić information content (AvgIpc) is 2.87. The molecular formula is C11H19Cl2N3OS. The third kappa shape index (κ3) is 5.10. The molecule has 2 heterocycles. The van der Waals surface area contributed by atoms with E-state index in [4.69, 9.17) is 0 Å². The minimum Gasteiger partial charge on any atom is -0.351 e. The number of hydrogen-bond donors (Lipinski definition) is 2. The zero-order valence-corrected chi connectivity index (χ0v) is 12.7. The normalized spacial score (nSPS) is 17.7. The summed E-state index contributed by atoms with van der Waals surface area (Å²) in [4.78, 5) is 16.9. The van der Waals surface area contributed by atoms with E-state index in [1.807, 2.05) is 12.4 Å². The maximum atomic E-state index is 11.6. The van der Waals surface area contributed by atoms with Crippen molar-refractivity contribution in [3.05, 3.63) is 16.1 Å². The first-order chi connectivity index (χ1) is 7.75. The molecule has 1 aliphatic rings. The highest BCUT2D eigenvalue weighted by molar-refractivity contribution is 7.09. The van der Waals surface area contributed by atoms with Crippen LogP contribution in [0.4, 0.5) is 0 Å². The number of halogens is 2. The van der Waals surface area contributed by atoms with Gasteiger partial charge >= 0.3 is 0 Å². The van der Waals surface area contributed by atoms with Crippen LogP contribution >= 0.6 is 36.2 Å². The molecular weight excluding hydrogens is 293 g/mol. The molecule has 1 amide bonds. The molecule has 0 aliphatic carbocycles. The van der Waals surface area contributed by atoms with E-state index >= 15 is 0 Å². The van der Waals surface area contributed by atoms with Gasteiger partial charge in [0.05, 0.1) is 17.7 Å². The van der Waals surface area contributed by atoms with Gasteiger partial charge in [-0.1, -0.05) is 0 Å². The molecule has 1 aromatic rings. The lowest BCUT2D eigenvalue weighted by molar-refractivity contribution is -0.121. The Labute approximate surface area is 124 Å². The van der Waals surface area contributed by atoms with Crippen LogP contribution in [-0.2, 0) is 11.3 Å². The summed E-state index contributed by atoms with van der Waals surface area (Å²) in [5.74, 6) is 0.132. The minimum atomic E-state index is 0. The quantitative estimate of drug-likeness (QED) is 0.895. The van der Waals surface area contributed by atoms with E-state index in [1.54, 1.807) is 11.3 Å². The molecule has 2 N–H and O–H groups in total. The number of carbonyl (C=O) groups is 1. The highest BCUT2D eigenvalue weighted by Crippen LogP contribution is 2.12. The summed E-state index contributed by atoms with van der Waals surface area (Å²) in [5.41, 5.74) is 2.83. The van der Waals surface area contributed by atoms with Crippen molar-refractivity contribution in [1.82, 2.24) is 15.6 Å². The molecule has 1 saturated heterocycles. The Morgan fingerprint density at radius 2 is 2.39 bits per heavy atom. The number of aryl methyl sites for hydroxylation is 1. The van der Waals surface area contributed by atoms with Gasteiger partial charge in [0.15, 0.2) is 0 Å². The number of amides is 1. The molecule has 7 heteroatoms. The number of aromatic nitrogens is 1. The number of nitrogens with zero attached hydrogens (tertiary/aromatic N) is 1. The largest absolute Gasteiger partial charge is 0.351 e. The van der Waals surface area contributed by atoms with Crippen LogP contribution in [0.5, 0.6) is 0 Å². The van der Waals surface area contributed by atoms with E-state index in [1.165, 1.54) is 6.42 Å². The molecule has 2 rings (SSSR count). The van der Waals surface area contributed by atoms with Crippen LogP contribution in [0.15, 0.2) is 5.51 Å². The Morgan fingerprint density at radius 3 is 2.94 bits per heavy atom. The lowest BCUT2D eigenvalue weighted by atomic mass is 10.1. The van der Waals surface area contributed by atoms with Crippen LogP contribution in [0, 0.1) is 6.92 Å². The van der Waals surface area contributed by atoms with Gasteiger partial charge in [-0.3, -0.25) is 4.79 Å². The van der Waals surface area contributed by atoms with Crippen LogP contribution < -0.4 is 10.6 Å². The fourth-order valence-corrected chi connectivity index (χ4v) is 2.62. The fraction of sp³-hybridized carbons (Fsp3) is 0.636. The summed E-state index contributed by atoms with van der Waals surface area (Å²) >= 11 is 1.59. The summed E-state index contributed by atoms with van der Waals surface area (Å²) in [7, 11) is 0. The molecule has 1 aliphatic heterocycles. The van der Waals surface area contributed by atoms with Gasteiger partial charge in [0.1, 0.15) is 0 Å². The van der Waals surface area contributed by atoms with Crippen LogP contribution in [0.25, 0.3) is 0 Å². The predicted octanol–water partition coefficient (Wildman–Crippen LogP) is 2.05. The molecule has 104 valence electrons. The van der Waals surface area contributed by atoms with E-state index in [0.29, 0.717) is 19.0 Å². The molecule has 1 aromatic heterocycles. The van der Waals surface area contributed by atoms with Crippen molar-refractivity contribution in [3.8, 4) is 0 Å². The van der Waals surface area contributed by atoms with Gasteiger partial charge < -0.3 is 10.6 Å². The van der Waals surface area contributed by atoms with E-state index in [2.05, 4.69) is 15.6 Å². The van der Waals surface area contributed by atoms with Crippen molar-refractivity contribution in [2.75, 3.05) is 6.54 Å². The molecule has 0 spiro atoms. The average molecular weight is 312 g/mol. The van der Waals surface area contributed by atoms with Gasteiger partial charge in [-0.05, 0) is 26.3 Å². The SMILES string of the molecule is Cc1ncsc1CNC(=O)CC1CCCN1.Cl.Cl. The van der Waals surface area contributed by atoms with E-state index < -0.39 is 0 Å². The van der Waals surface area contributed by atoms with Crippen molar-refractivity contribution >= 4 is 42.1 Å². The lowest BCUT2D eigenvalue weighted by Crippen LogP contribution is -2.31. The smallest absolute Gasteiger partial charge is 0.221 e. The molecule has 0 radical (unpaired) electrons. The third-order valence-electron chi connectivity index (χ3n) is 2.89. The number of hydrogen-bond acceptors (Lipinski definition) is 4. The van der Waals surface area contributed by atoms with Crippen LogP contribution in [0.1, 0.15) is 29.8 Å². The molecule has 0 saturated carbocycles. The van der Waals surface area contributed by atoms with Crippen LogP contribution in [-0.4, -0.2) is 23.5 Å². The topological polar surface area (TPSA) is 54.0 Å². The summed E-state index contributed by atoms with van der Waals surface area (Å²) in [6, 6.07) is 0.377. The van der Waals surface area contributed by atoms with Gasteiger partial charge in [-0.15, -0.1) is 36.2 Å². The third-order valence-corrected chi connectivity index (χ3v) is 3.82. The van der Waals surface area contributed by atoms with Crippen LogP contribution in [0.2, 0.25) is 0 Å². The summed E-state index contributed by atoms with van der Waals surface area (Å²) in [6.45, 7) is 3.63. The molecule has 4 nitrogen and oxygen atoms in total. The molecule has 18 heavy (non-hydrogen) atoms. The van der Waals surface area contributed by atoms with Crippen molar-refractivity contribution < 1.29 is 4.79 Å². The first-order valence-electron chi connectivity index (χ1n) is 5.65. The Morgan fingerprint density at radius 1 is 1.61 bits per heavy atom. The van der Waals surface area contributed by atoms with Gasteiger partial charge in [-0.25, -0.2) is 4.98 Å². The molecule has 0 aromatic carbocycles. The zero-order valence-electron chi connectivity index (χ0n) is 10.3. The van der Waals surface area contributed by atoms with Crippen molar-refractivity contribution in [1.29, 1.82) is 0 Å². The van der Waals surface area contributed by atoms with Crippen LogP contribution in [0.3, 0.4) is 0 Å². The fourth-order valence-electron chi connectivity index (χ4n) is 1.90. The number of rotatable bonds is 4. The second-order valence-electron chi connectivity index (χ2n) is 4.14. The highest BCUT2D eigenvalue weighted by Gasteiger charge is 2.17. The summed E-state index contributed by atoms with van der Waals surface area (Å²) < 4.78 is 0. The van der Waals surface area contributed by atoms with Crippen molar-refractivity contribution in [3.63, 3.8) is 0 Å². The maximum Gasteiger partial charge on any atom is 0.221 e. The van der Waals surface area contributed by atoms with E-state index in [-0.39, 0.29) is 30.7 Å². The van der Waals surface area contributed by atoms with Crippen molar-refractivity contribution in [2.45, 2.75) is 38.8 Å². The first-order valence-corrected chi connectivity index (χ1v) is 6.52. The summed E-state index contributed by atoms with van der Waals surface area (Å²) in [6.07, 6.45) is 2.90. The second-order valence-corrected chi connectivity index (χ2v) is 5.07. The Bertz CT molecular complexity index is 367. The zero-order chi connectivity index (χ0) is 11.4. The van der Waals surface area contributed by atoms with Crippen molar-refractivity contribution in [2.24, 2.45) is 0 Å². The minimum absolute atomic E-state index is 0. The molecule has 0 bridgehead atoms.